The van der Waals surface area contributed by atoms with Gasteiger partial charge in [0.15, 0.2) is 0 Å². The maximum absolute atomic E-state index is 6.11. The van der Waals surface area contributed by atoms with Crippen molar-refractivity contribution >= 4 is 11.6 Å². The molecule has 0 bridgehead atoms. The first-order valence-corrected chi connectivity index (χ1v) is 5.77. The van der Waals surface area contributed by atoms with E-state index in [0.717, 1.165) is 12.8 Å². The summed E-state index contributed by atoms with van der Waals surface area (Å²) >= 11 is 6.11. The van der Waals surface area contributed by atoms with Gasteiger partial charge in [-0.1, -0.05) is 18.2 Å². The molecule has 1 nitrogen and oxygen atoms in total. The van der Waals surface area contributed by atoms with E-state index in [1.54, 1.807) is 7.11 Å². The van der Waals surface area contributed by atoms with Crippen molar-refractivity contribution in [3.63, 3.8) is 0 Å². The molecule has 0 aliphatic rings. The van der Waals surface area contributed by atoms with Crippen LogP contribution in [0.5, 0.6) is 0 Å². The minimum absolute atomic E-state index is 0.119. The number of methoxy groups -OCH3 is 1. The fourth-order valence-electron chi connectivity index (χ4n) is 1.81. The van der Waals surface area contributed by atoms with Crippen LogP contribution in [0, 0.1) is 13.8 Å². The van der Waals surface area contributed by atoms with E-state index in [-0.39, 0.29) is 5.38 Å². The van der Waals surface area contributed by atoms with Crippen LogP contribution in [0.2, 0.25) is 0 Å². The van der Waals surface area contributed by atoms with Gasteiger partial charge in [0.25, 0.3) is 0 Å². The lowest BCUT2D eigenvalue weighted by Crippen LogP contribution is -2.09. The SMILES string of the molecule is COCC(Cl)CCc1c(C)cccc1C. The molecule has 84 valence electrons. The van der Waals surface area contributed by atoms with Crippen molar-refractivity contribution in [2.45, 2.75) is 32.1 Å². The van der Waals surface area contributed by atoms with E-state index in [2.05, 4.69) is 32.0 Å². The highest BCUT2D eigenvalue weighted by Crippen LogP contribution is 2.17. The van der Waals surface area contributed by atoms with Gasteiger partial charge in [0.1, 0.15) is 0 Å². The number of halogens is 1. The number of rotatable bonds is 5. The topological polar surface area (TPSA) is 9.23 Å². The van der Waals surface area contributed by atoms with Gasteiger partial charge in [0, 0.05) is 7.11 Å². The van der Waals surface area contributed by atoms with Gasteiger partial charge in [0.05, 0.1) is 12.0 Å². The second-order valence-corrected chi connectivity index (χ2v) is 4.58. The van der Waals surface area contributed by atoms with Gasteiger partial charge in [-0.3, -0.25) is 0 Å². The molecule has 1 unspecified atom stereocenters. The molecule has 0 N–H and O–H groups in total. The lowest BCUT2D eigenvalue weighted by atomic mass is 9.98. The highest BCUT2D eigenvalue weighted by Gasteiger charge is 2.07. The quantitative estimate of drug-likeness (QED) is 0.699. The third kappa shape index (κ3) is 3.84. The first kappa shape index (κ1) is 12.5. The zero-order chi connectivity index (χ0) is 11.3. The Hall–Kier alpha value is -0.530. The number of alkyl halides is 1. The lowest BCUT2D eigenvalue weighted by molar-refractivity contribution is 0.195. The molecule has 0 saturated heterocycles. The Bertz CT molecular complexity index is 289. The number of aryl methyl sites for hydroxylation is 2. The molecular formula is C13H19ClO. The van der Waals surface area contributed by atoms with E-state index < -0.39 is 0 Å². The van der Waals surface area contributed by atoms with E-state index in [4.69, 9.17) is 16.3 Å². The highest BCUT2D eigenvalue weighted by atomic mass is 35.5. The smallest absolute Gasteiger partial charge is 0.0626 e. The zero-order valence-corrected chi connectivity index (χ0v) is 10.5. The molecule has 1 rings (SSSR count). The van der Waals surface area contributed by atoms with Crippen LogP contribution in [0.3, 0.4) is 0 Å². The van der Waals surface area contributed by atoms with E-state index in [9.17, 15) is 0 Å². The Morgan fingerprint density at radius 3 is 2.40 bits per heavy atom. The van der Waals surface area contributed by atoms with Crippen molar-refractivity contribution in [1.82, 2.24) is 0 Å². The molecule has 0 amide bonds. The molecule has 1 aromatic carbocycles. The number of benzene rings is 1. The Morgan fingerprint density at radius 2 is 1.87 bits per heavy atom. The molecule has 0 spiro atoms. The van der Waals surface area contributed by atoms with Crippen molar-refractivity contribution < 1.29 is 4.74 Å². The van der Waals surface area contributed by atoms with Crippen LogP contribution in [-0.2, 0) is 11.2 Å². The fourth-order valence-corrected chi connectivity index (χ4v) is 2.04. The largest absolute Gasteiger partial charge is 0.383 e. The van der Waals surface area contributed by atoms with Gasteiger partial charge in [-0.2, -0.15) is 0 Å². The Morgan fingerprint density at radius 1 is 1.27 bits per heavy atom. The Kier molecular flexibility index (Phi) is 5.13. The molecule has 0 radical (unpaired) electrons. The van der Waals surface area contributed by atoms with Crippen molar-refractivity contribution in [3.8, 4) is 0 Å². The van der Waals surface area contributed by atoms with Crippen molar-refractivity contribution in [3.05, 3.63) is 34.9 Å². The normalized spacial score (nSPS) is 12.8. The number of hydrogen-bond donors (Lipinski definition) is 0. The van der Waals surface area contributed by atoms with E-state index in [0.29, 0.717) is 6.61 Å². The van der Waals surface area contributed by atoms with Crippen LogP contribution in [0.15, 0.2) is 18.2 Å². The van der Waals surface area contributed by atoms with Crippen LogP contribution in [0.1, 0.15) is 23.1 Å². The van der Waals surface area contributed by atoms with Crippen LogP contribution >= 0.6 is 11.6 Å². The summed E-state index contributed by atoms with van der Waals surface area (Å²) in [5.41, 5.74) is 4.15. The molecule has 0 aliphatic carbocycles. The maximum atomic E-state index is 6.11. The van der Waals surface area contributed by atoms with E-state index in [1.165, 1.54) is 16.7 Å². The van der Waals surface area contributed by atoms with Crippen molar-refractivity contribution in [2.24, 2.45) is 0 Å². The second-order valence-electron chi connectivity index (χ2n) is 3.96. The fraction of sp³-hybridized carbons (Fsp3) is 0.538. The van der Waals surface area contributed by atoms with Crippen LogP contribution in [-0.4, -0.2) is 19.1 Å². The molecule has 0 aliphatic heterocycles. The third-order valence-electron chi connectivity index (χ3n) is 2.70. The molecule has 0 heterocycles. The first-order valence-electron chi connectivity index (χ1n) is 5.33. The summed E-state index contributed by atoms with van der Waals surface area (Å²) in [6, 6.07) is 6.41. The standard InChI is InChI=1S/C13H19ClO/c1-10-5-4-6-11(2)13(10)8-7-12(14)9-15-3/h4-6,12H,7-9H2,1-3H3. The molecule has 15 heavy (non-hydrogen) atoms. The molecule has 1 aromatic rings. The van der Waals surface area contributed by atoms with Crippen LogP contribution in [0.25, 0.3) is 0 Å². The lowest BCUT2D eigenvalue weighted by Gasteiger charge is -2.12. The van der Waals surface area contributed by atoms with Gasteiger partial charge >= 0.3 is 0 Å². The van der Waals surface area contributed by atoms with Gasteiger partial charge in [-0.15, -0.1) is 11.6 Å². The van der Waals surface area contributed by atoms with Gasteiger partial charge < -0.3 is 4.74 Å². The van der Waals surface area contributed by atoms with Gasteiger partial charge in [-0.25, -0.2) is 0 Å². The first-order chi connectivity index (χ1) is 7.15. The highest BCUT2D eigenvalue weighted by molar-refractivity contribution is 6.20. The summed E-state index contributed by atoms with van der Waals surface area (Å²) in [6.07, 6.45) is 2.01. The van der Waals surface area contributed by atoms with Gasteiger partial charge in [0.2, 0.25) is 0 Å². The Labute approximate surface area is 97.4 Å². The third-order valence-corrected chi connectivity index (χ3v) is 3.04. The predicted octanol–water partition coefficient (Wildman–Crippen LogP) is 3.49. The predicted molar refractivity (Wildman–Crippen MR) is 65.8 cm³/mol. The summed E-state index contributed by atoms with van der Waals surface area (Å²) in [7, 11) is 1.69. The van der Waals surface area contributed by atoms with Crippen molar-refractivity contribution in [2.75, 3.05) is 13.7 Å². The summed E-state index contributed by atoms with van der Waals surface area (Å²) in [5, 5.41) is 0.119. The molecule has 2 heteroatoms. The molecule has 1 atom stereocenters. The summed E-state index contributed by atoms with van der Waals surface area (Å²) < 4.78 is 5.02. The van der Waals surface area contributed by atoms with Gasteiger partial charge in [-0.05, 0) is 43.4 Å². The monoisotopic (exact) mass is 226 g/mol. The maximum Gasteiger partial charge on any atom is 0.0626 e. The van der Waals surface area contributed by atoms with Crippen LogP contribution in [0.4, 0.5) is 0 Å². The summed E-state index contributed by atoms with van der Waals surface area (Å²) in [4.78, 5) is 0. The minimum atomic E-state index is 0.119. The van der Waals surface area contributed by atoms with E-state index in [1.807, 2.05) is 0 Å². The second kappa shape index (κ2) is 6.14. The van der Waals surface area contributed by atoms with Crippen molar-refractivity contribution in [1.29, 1.82) is 0 Å². The molecule has 0 fully saturated rings. The average Bonchev–Trinajstić information content (AvgIpc) is 2.17. The Balaban J connectivity index is 2.57. The number of ether oxygens (including phenoxy) is 1. The molecule has 0 aromatic heterocycles. The minimum Gasteiger partial charge on any atom is -0.383 e. The number of hydrogen-bond acceptors (Lipinski definition) is 1. The van der Waals surface area contributed by atoms with E-state index >= 15 is 0 Å². The summed E-state index contributed by atoms with van der Waals surface area (Å²) in [5.74, 6) is 0. The van der Waals surface area contributed by atoms with Crippen LogP contribution < -0.4 is 0 Å². The average molecular weight is 227 g/mol. The summed E-state index contributed by atoms with van der Waals surface area (Å²) in [6.45, 7) is 4.94. The molecule has 0 saturated carbocycles. The molecular weight excluding hydrogens is 208 g/mol. The zero-order valence-electron chi connectivity index (χ0n) is 9.72.